The molecule has 1 aromatic rings. The summed E-state index contributed by atoms with van der Waals surface area (Å²) in [5.41, 5.74) is -0.839. The maximum atomic E-state index is 12.8. The molecule has 0 amide bonds. The van der Waals surface area contributed by atoms with Crippen molar-refractivity contribution in [2.45, 2.75) is 52.1 Å². The monoisotopic (exact) mass is 572 g/mol. The van der Waals surface area contributed by atoms with Gasteiger partial charge in [0.05, 0.1) is 0 Å². The first kappa shape index (κ1) is 26.6. The zero-order valence-electron chi connectivity index (χ0n) is 17.3. The van der Waals surface area contributed by atoms with Crippen LogP contribution < -0.4 is 4.74 Å². The van der Waals surface area contributed by atoms with Gasteiger partial charge in [-0.3, -0.25) is 0 Å². The molecule has 1 aromatic carbocycles. The number of allylic oxidation sites excluding steroid dienone is 2. The Morgan fingerprint density at radius 2 is 2.03 bits per heavy atom. The fraction of sp³-hybridized carbons (Fsp3) is 0.500. The molecule has 2 rings (SSSR count). The molecule has 0 radical (unpaired) electrons. The molecule has 1 fully saturated rings. The van der Waals surface area contributed by atoms with Crippen LogP contribution in [0.4, 0.5) is 13.2 Å². The van der Waals surface area contributed by atoms with Crippen LogP contribution in [-0.2, 0) is 11.0 Å². The van der Waals surface area contributed by atoms with E-state index in [0.717, 1.165) is 12.1 Å². The normalized spacial score (nSPS) is 23.8. The number of aliphatic hydroxyl groups is 3. The number of carboxylic acid groups (broad SMARTS) is 1. The second-order valence-corrected chi connectivity index (χ2v) is 13.6. The van der Waals surface area contributed by atoms with E-state index in [1.807, 2.05) is 12.2 Å². The molecule has 10 heteroatoms. The van der Waals surface area contributed by atoms with E-state index >= 15 is 0 Å². The van der Waals surface area contributed by atoms with Crippen molar-refractivity contribution in [2.75, 3.05) is 11.0 Å². The molecule has 0 aromatic heterocycles. The van der Waals surface area contributed by atoms with E-state index < -0.39 is 53.8 Å². The standard InChI is InChI=1S/C22H28F3IO6/c23-22(24,25)15-6-5-7-17(12-15)32-14-16(27)9-10-18-19(28)13-20(29)26(18)11-4-2-1-3-8-21(30)31/h2,4-7,9-10,12,16,18-20,27-29H,1,3,8,11,13-14H2,(H,30,31)/b4-2-,10-9+/t16-,18+,19-,20+/m1/s1. The summed E-state index contributed by atoms with van der Waals surface area (Å²) in [7, 11) is 0. The number of carboxylic acids is 1. The third-order valence-corrected chi connectivity index (χ3v) is 11.7. The maximum absolute atomic E-state index is 12.8. The van der Waals surface area contributed by atoms with Crippen LogP contribution in [0, 0.1) is 0 Å². The van der Waals surface area contributed by atoms with Crippen LogP contribution in [0.2, 0.25) is 0 Å². The number of halogens is 4. The van der Waals surface area contributed by atoms with Crippen molar-refractivity contribution in [3.63, 3.8) is 0 Å². The molecule has 6 nitrogen and oxygen atoms in total. The Labute approximate surface area is 191 Å². The average Bonchev–Trinajstić information content (AvgIpc) is 2.99. The summed E-state index contributed by atoms with van der Waals surface area (Å²) in [6.45, 7) is -0.249. The van der Waals surface area contributed by atoms with E-state index in [9.17, 15) is 33.3 Å². The number of benzene rings is 1. The number of alkyl halides is 6. The Balaban J connectivity index is 1.87. The summed E-state index contributed by atoms with van der Waals surface area (Å²) in [6.07, 6.45) is 2.16. The molecule has 1 aliphatic heterocycles. The second kappa shape index (κ2) is 12.6. The topological polar surface area (TPSA) is 107 Å². The molecule has 1 aliphatic rings. The van der Waals surface area contributed by atoms with Gasteiger partial charge in [-0.2, -0.15) is 0 Å². The predicted molar refractivity (Wildman–Crippen MR) is 122 cm³/mol. The van der Waals surface area contributed by atoms with Crippen LogP contribution in [0.3, 0.4) is 0 Å². The fourth-order valence-electron chi connectivity index (χ4n) is 3.11. The van der Waals surface area contributed by atoms with E-state index in [2.05, 4.69) is 0 Å². The van der Waals surface area contributed by atoms with Gasteiger partial charge in [0.25, 0.3) is 0 Å². The number of rotatable bonds is 11. The third-order valence-electron chi connectivity index (χ3n) is 4.75. The first-order valence-corrected chi connectivity index (χ1v) is 14.1. The minimum atomic E-state index is -4.48. The number of carbonyl (C=O) groups is 1. The molecule has 1 heterocycles. The van der Waals surface area contributed by atoms with Gasteiger partial charge in [-0.05, 0) is 0 Å². The van der Waals surface area contributed by atoms with Crippen molar-refractivity contribution in [1.82, 2.24) is 0 Å². The fourth-order valence-corrected chi connectivity index (χ4v) is 9.50. The molecule has 4 N–H and O–H groups in total. The number of ether oxygens (including phenoxy) is 1. The number of hydrogen-bond donors (Lipinski definition) is 4. The Morgan fingerprint density at radius 3 is 2.72 bits per heavy atom. The zero-order valence-corrected chi connectivity index (χ0v) is 19.4. The van der Waals surface area contributed by atoms with Gasteiger partial charge in [-0.15, -0.1) is 0 Å². The van der Waals surface area contributed by atoms with E-state index in [4.69, 9.17) is 9.84 Å². The summed E-state index contributed by atoms with van der Waals surface area (Å²) >= 11 is -2.05. The Hall–Kier alpha value is -1.63. The van der Waals surface area contributed by atoms with Gasteiger partial charge in [-0.1, -0.05) is 0 Å². The Morgan fingerprint density at radius 1 is 1.28 bits per heavy atom. The van der Waals surface area contributed by atoms with Crippen LogP contribution in [0.25, 0.3) is 0 Å². The van der Waals surface area contributed by atoms with Crippen molar-refractivity contribution < 1.29 is 43.1 Å². The van der Waals surface area contributed by atoms with Crippen molar-refractivity contribution in [3.05, 3.63) is 54.1 Å². The van der Waals surface area contributed by atoms with Crippen LogP contribution in [-0.4, -0.2) is 57.7 Å². The SMILES string of the molecule is O=C(O)CCC/C=C\CI1[C@@H](O)C[C@@H](O)[C@@H]1/C=C/[C@@H](O)COc1cccc(C(F)(F)F)c1. The Kier molecular flexibility index (Phi) is 10.5. The first-order chi connectivity index (χ1) is 15.1. The van der Waals surface area contributed by atoms with Crippen LogP contribution in [0.1, 0.15) is 31.2 Å². The summed E-state index contributed by atoms with van der Waals surface area (Å²) in [5, 5.41) is 39.3. The predicted octanol–water partition coefficient (Wildman–Crippen LogP) is 3.77. The van der Waals surface area contributed by atoms with Crippen LogP contribution in [0.15, 0.2) is 48.6 Å². The molecule has 180 valence electrons. The van der Waals surface area contributed by atoms with E-state index in [1.54, 1.807) is 6.08 Å². The molecule has 0 unspecified atom stereocenters. The Bertz CT molecular complexity index is 798. The number of aliphatic hydroxyl groups excluding tert-OH is 3. The van der Waals surface area contributed by atoms with Crippen LogP contribution >= 0.6 is 19.8 Å². The van der Waals surface area contributed by atoms with E-state index in [1.165, 1.54) is 18.2 Å². The van der Waals surface area contributed by atoms with Gasteiger partial charge in [0.15, 0.2) is 0 Å². The minimum absolute atomic E-state index is 0.00918. The molecule has 1 saturated heterocycles. The number of hydrogen-bond acceptors (Lipinski definition) is 5. The third kappa shape index (κ3) is 8.72. The first-order valence-electron chi connectivity index (χ1n) is 10.1. The molecule has 0 aliphatic carbocycles. The van der Waals surface area contributed by atoms with Gasteiger partial charge in [0, 0.05) is 0 Å². The van der Waals surface area contributed by atoms with Crippen molar-refractivity contribution in [3.8, 4) is 5.75 Å². The van der Waals surface area contributed by atoms with Crippen molar-refractivity contribution >= 4 is 25.8 Å². The summed E-state index contributed by atoms with van der Waals surface area (Å²) in [5.74, 6) is -0.853. The quantitative estimate of drug-likeness (QED) is 0.139. The van der Waals surface area contributed by atoms with Gasteiger partial charge in [-0.25, -0.2) is 0 Å². The van der Waals surface area contributed by atoms with Gasteiger partial charge in [0.2, 0.25) is 0 Å². The molecule has 0 saturated carbocycles. The average molecular weight is 572 g/mol. The number of unbranched alkanes of at least 4 members (excludes halogenated alkanes) is 1. The van der Waals surface area contributed by atoms with E-state index in [0.29, 0.717) is 17.3 Å². The second-order valence-electron chi connectivity index (χ2n) is 7.32. The zero-order chi connectivity index (χ0) is 23.7. The molecular weight excluding hydrogens is 544 g/mol. The molecule has 4 atom stereocenters. The van der Waals surface area contributed by atoms with Gasteiger partial charge in [0.1, 0.15) is 0 Å². The van der Waals surface area contributed by atoms with E-state index in [-0.39, 0.29) is 29.1 Å². The summed E-state index contributed by atoms with van der Waals surface area (Å²) < 4.78 is 43.4. The van der Waals surface area contributed by atoms with Gasteiger partial charge >= 0.3 is 192 Å². The summed E-state index contributed by atoms with van der Waals surface area (Å²) in [6, 6.07) is 4.39. The number of aliphatic carboxylic acids is 1. The summed E-state index contributed by atoms with van der Waals surface area (Å²) in [4.78, 5) is 10.5. The molecule has 0 bridgehead atoms. The molecule has 32 heavy (non-hydrogen) atoms. The van der Waals surface area contributed by atoms with Crippen LogP contribution in [0.5, 0.6) is 5.75 Å². The van der Waals surface area contributed by atoms with Gasteiger partial charge < -0.3 is 0 Å². The molecular formula is C22H28F3IO6. The molecule has 0 spiro atoms. The van der Waals surface area contributed by atoms with Crippen molar-refractivity contribution in [2.24, 2.45) is 0 Å². The van der Waals surface area contributed by atoms with Crippen molar-refractivity contribution in [1.29, 1.82) is 0 Å².